The van der Waals surface area contributed by atoms with E-state index in [0.29, 0.717) is 38.7 Å². The van der Waals surface area contributed by atoms with Crippen LogP contribution in [0.3, 0.4) is 0 Å². The fourth-order valence-corrected chi connectivity index (χ4v) is 3.53. The van der Waals surface area contributed by atoms with E-state index in [1.165, 1.54) is 12.1 Å². The van der Waals surface area contributed by atoms with Crippen LogP contribution in [0.1, 0.15) is 28.7 Å². The number of nitrogens with zero attached hydrogens (tertiary/aromatic N) is 2. The molecule has 0 saturated carbocycles. The standard InChI is InChI=1S/C22H29F3N4O2/c1-16-3-8-20(31-16)19(29-11-13-30-14-12-29)15-28-21(26-2)27-10-9-17-4-6-18(7-5-17)22(23,24)25/h3-8,19H,9-15H2,1-2H3,(H2,26,27,28). The summed E-state index contributed by atoms with van der Waals surface area (Å²) in [4.78, 5) is 6.58. The van der Waals surface area contributed by atoms with Crippen molar-refractivity contribution in [1.29, 1.82) is 0 Å². The minimum atomic E-state index is -4.31. The molecule has 31 heavy (non-hydrogen) atoms. The van der Waals surface area contributed by atoms with E-state index in [2.05, 4.69) is 20.5 Å². The quantitative estimate of drug-likeness (QED) is 0.513. The average molecular weight is 438 g/mol. The highest BCUT2D eigenvalue weighted by molar-refractivity contribution is 5.79. The predicted octanol–water partition coefficient (Wildman–Crippen LogP) is 3.39. The summed E-state index contributed by atoms with van der Waals surface area (Å²) in [6, 6.07) is 9.24. The molecule has 1 atom stereocenters. The number of aryl methyl sites for hydroxylation is 1. The van der Waals surface area contributed by atoms with E-state index in [-0.39, 0.29) is 6.04 Å². The number of alkyl halides is 3. The second kappa shape index (κ2) is 10.7. The molecule has 0 radical (unpaired) electrons. The van der Waals surface area contributed by atoms with Gasteiger partial charge in [0.05, 0.1) is 24.8 Å². The Balaban J connectivity index is 1.52. The first-order chi connectivity index (χ1) is 14.9. The molecule has 1 aromatic heterocycles. The highest BCUT2D eigenvalue weighted by Gasteiger charge is 2.30. The molecule has 3 rings (SSSR count). The molecule has 2 heterocycles. The largest absolute Gasteiger partial charge is 0.465 e. The number of guanidine groups is 1. The first-order valence-electron chi connectivity index (χ1n) is 10.4. The van der Waals surface area contributed by atoms with Gasteiger partial charge in [-0.15, -0.1) is 0 Å². The van der Waals surface area contributed by atoms with Crippen molar-refractivity contribution in [2.24, 2.45) is 4.99 Å². The topological polar surface area (TPSA) is 62.0 Å². The monoisotopic (exact) mass is 438 g/mol. The highest BCUT2D eigenvalue weighted by Crippen LogP contribution is 2.29. The Kier molecular flexibility index (Phi) is 7.97. The van der Waals surface area contributed by atoms with Crippen molar-refractivity contribution in [2.75, 3.05) is 46.4 Å². The lowest BCUT2D eigenvalue weighted by Gasteiger charge is -2.33. The molecule has 0 amide bonds. The Hall–Kier alpha value is -2.52. The number of hydrogen-bond donors (Lipinski definition) is 2. The summed E-state index contributed by atoms with van der Waals surface area (Å²) in [5.41, 5.74) is 0.192. The molecule has 2 aromatic rings. The zero-order valence-corrected chi connectivity index (χ0v) is 17.8. The number of nitrogens with one attached hydrogen (secondary N) is 2. The molecule has 9 heteroatoms. The van der Waals surface area contributed by atoms with Crippen LogP contribution in [0.2, 0.25) is 0 Å². The van der Waals surface area contributed by atoms with Crippen molar-refractivity contribution in [1.82, 2.24) is 15.5 Å². The minimum Gasteiger partial charge on any atom is -0.465 e. The van der Waals surface area contributed by atoms with Gasteiger partial charge in [-0.25, -0.2) is 0 Å². The smallest absolute Gasteiger partial charge is 0.416 e. The summed E-state index contributed by atoms with van der Waals surface area (Å²) < 4.78 is 49.4. The summed E-state index contributed by atoms with van der Waals surface area (Å²) in [7, 11) is 1.69. The summed E-state index contributed by atoms with van der Waals surface area (Å²) >= 11 is 0. The predicted molar refractivity (Wildman–Crippen MR) is 113 cm³/mol. The van der Waals surface area contributed by atoms with Crippen molar-refractivity contribution in [3.05, 3.63) is 59.0 Å². The van der Waals surface area contributed by atoms with E-state index in [0.717, 1.165) is 42.3 Å². The third-order valence-electron chi connectivity index (χ3n) is 5.25. The number of benzene rings is 1. The molecule has 1 unspecified atom stereocenters. The van der Waals surface area contributed by atoms with Gasteiger partial charge in [-0.3, -0.25) is 9.89 Å². The lowest BCUT2D eigenvalue weighted by atomic mass is 10.1. The lowest BCUT2D eigenvalue weighted by Crippen LogP contribution is -2.46. The molecule has 1 fully saturated rings. The maximum atomic E-state index is 12.7. The molecular formula is C22H29F3N4O2. The molecule has 1 aromatic carbocycles. The number of hydrogen-bond acceptors (Lipinski definition) is 4. The first-order valence-corrected chi connectivity index (χ1v) is 10.4. The van der Waals surface area contributed by atoms with Crippen molar-refractivity contribution < 1.29 is 22.3 Å². The van der Waals surface area contributed by atoms with Gasteiger partial charge in [-0.1, -0.05) is 12.1 Å². The number of aliphatic imine (C=N–C) groups is 1. The second-order valence-electron chi connectivity index (χ2n) is 7.44. The number of furan rings is 1. The minimum absolute atomic E-state index is 0.0473. The Labute approximate surface area is 180 Å². The van der Waals surface area contributed by atoms with E-state index in [1.54, 1.807) is 7.05 Å². The van der Waals surface area contributed by atoms with Crippen LogP contribution >= 0.6 is 0 Å². The van der Waals surface area contributed by atoms with Gasteiger partial charge in [0.2, 0.25) is 0 Å². The number of halogens is 3. The van der Waals surface area contributed by atoms with Gasteiger partial charge in [0, 0.05) is 33.2 Å². The zero-order valence-electron chi connectivity index (χ0n) is 17.8. The van der Waals surface area contributed by atoms with E-state index >= 15 is 0 Å². The van der Waals surface area contributed by atoms with Crippen molar-refractivity contribution in [3.63, 3.8) is 0 Å². The number of ether oxygens (including phenoxy) is 1. The third kappa shape index (κ3) is 6.73. The van der Waals surface area contributed by atoms with Crippen LogP contribution < -0.4 is 10.6 Å². The molecule has 1 aliphatic rings. The second-order valence-corrected chi connectivity index (χ2v) is 7.44. The van der Waals surface area contributed by atoms with E-state index in [9.17, 15) is 13.2 Å². The molecular weight excluding hydrogens is 409 g/mol. The molecule has 0 bridgehead atoms. The SMILES string of the molecule is CN=C(NCCc1ccc(C(F)(F)F)cc1)NCC(c1ccc(C)o1)N1CCOCC1. The normalized spacial score (nSPS) is 16.9. The van der Waals surface area contributed by atoms with Crippen molar-refractivity contribution >= 4 is 5.96 Å². The van der Waals surface area contributed by atoms with Crippen LogP contribution in [0.4, 0.5) is 13.2 Å². The molecule has 1 saturated heterocycles. The van der Waals surface area contributed by atoms with Gasteiger partial charge in [-0.05, 0) is 43.2 Å². The van der Waals surface area contributed by atoms with Crippen LogP contribution in [0.25, 0.3) is 0 Å². The summed E-state index contributed by atoms with van der Waals surface area (Å²) in [5, 5.41) is 6.56. The molecule has 170 valence electrons. The third-order valence-corrected chi connectivity index (χ3v) is 5.25. The van der Waals surface area contributed by atoms with E-state index < -0.39 is 11.7 Å². The van der Waals surface area contributed by atoms with Crippen molar-refractivity contribution in [3.8, 4) is 0 Å². The fourth-order valence-electron chi connectivity index (χ4n) is 3.53. The van der Waals surface area contributed by atoms with Crippen molar-refractivity contribution in [2.45, 2.75) is 25.6 Å². The summed E-state index contributed by atoms with van der Waals surface area (Å²) in [6.45, 7) is 6.11. The number of rotatable bonds is 7. The Bertz CT molecular complexity index is 843. The summed E-state index contributed by atoms with van der Waals surface area (Å²) in [6.07, 6.45) is -3.73. The summed E-state index contributed by atoms with van der Waals surface area (Å²) in [5.74, 6) is 2.40. The average Bonchev–Trinajstić information content (AvgIpc) is 3.19. The van der Waals surface area contributed by atoms with Gasteiger partial charge in [0.25, 0.3) is 0 Å². The fraction of sp³-hybridized carbons (Fsp3) is 0.500. The van der Waals surface area contributed by atoms with E-state index in [1.807, 2.05) is 19.1 Å². The zero-order chi connectivity index (χ0) is 22.3. The van der Waals surface area contributed by atoms with Crippen LogP contribution in [0.5, 0.6) is 0 Å². The van der Waals surface area contributed by atoms with Crippen LogP contribution in [-0.4, -0.2) is 57.3 Å². The van der Waals surface area contributed by atoms with Gasteiger partial charge in [0.1, 0.15) is 11.5 Å². The Morgan fingerprint density at radius 3 is 2.39 bits per heavy atom. The molecule has 2 N–H and O–H groups in total. The molecule has 0 aliphatic carbocycles. The maximum Gasteiger partial charge on any atom is 0.416 e. The molecule has 6 nitrogen and oxygen atoms in total. The van der Waals surface area contributed by atoms with Gasteiger partial charge < -0.3 is 19.8 Å². The lowest BCUT2D eigenvalue weighted by molar-refractivity contribution is -0.137. The Morgan fingerprint density at radius 2 is 1.81 bits per heavy atom. The van der Waals surface area contributed by atoms with Crippen LogP contribution in [0, 0.1) is 6.92 Å². The molecule has 0 spiro atoms. The maximum absolute atomic E-state index is 12.7. The first kappa shape index (κ1) is 23.1. The highest BCUT2D eigenvalue weighted by atomic mass is 19.4. The molecule has 1 aliphatic heterocycles. The van der Waals surface area contributed by atoms with Crippen LogP contribution in [0.15, 0.2) is 45.8 Å². The Morgan fingerprint density at radius 1 is 1.10 bits per heavy atom. The van der Waals surface area contributed by atoms with Crippen LogP contribution in [-0.2, 0) is 17.3 Å². The van der Waals surface area contributed by atoms with Gasteiger partial charge >= 0.3 is 6.18 Å². The van der Waals surface area contributed by atoms with Gasteiger partial charge in [0.15, 0.2) is 5.96 Å². The van der Waals surface area contributed by atoms with E-state index in [4.69, 9.17) is 9.15 Å². The number of morpholine rings is 1. The van der Waals surface area contributed by atoms with Gasteiger partial charge in [-0.2, -0.15) is 13.2 Å².